The van der Waals surface area contributed by atoms with Crippen molar-refractivity contribution in [1.29, 1.82) is 5.26 Å². The van der Waals surface area contributed by atoms with Crippen LogP contribution in [0.5, 0.6) is 5.75 Å². The molecule has 0 fully saturated rings. The van der Waals surface area contributed by atoms with E-state index in [0.717, 1.165) is 48.1 Å². The highest BCUT2D eigenvalue weighted by molar-refractivity contribution is 7.19. The zero-order chi connectivity index (χ0) is 35.7. The van der Waals surface area contributed by atoms with E-state index in [1.54, 1.807) is 25.4 Å². The number of aliphatic imine (C=N–C) groups is 1. The van der Waals surface area contributed by atoms with Gasteiger partial charge in [0.2, 0.25) is 0 Å². The van der Waals surface area contributed by atoms with Crippen LogP contribution in [0.1, 0.15) is 123 Å². The van der Waals surface area contributed by atoms with Crippen LogP contribution in [0.4, 0.5) is 10.1 Å². The van der Waals surface area contributed by atoms with Crippen molar-refractivity contribution in [2.24, 2.45) is 22.2 Å². The lowest BCUT2D eigenvalue weighted by molar-refractivity contribution is 0.0941. The van der Waals surface area contributed by atoms with Gasteiger partial charge in [-0.25, -0.2) is 15.0 Å². The van der Waals surface area contributed by atoms with E-state index in [4.69, 9.17) is 19.7 Å². The number of anilines is 1. The van der Waals surface area contributed by atoms with Crippen molar-refractivity contribution in [3.8, 4) is 23.1 Å². The van der Waals surface area contributed by atoms with Gasteiger partial charge in [-0.1, -0.05) is 98.3 Å². The van der Waals surface area contributed by atoms with Gasteiger partial charge in [-0.2, -0.15) is 9.94 Å². The third kappa shape index (κ3) is 9.45. The Bertz CT molecular complexity index is 1650. The van der Waals surface area contributed by atoms with Crippen molar-refractivity contribution < 1.29 is 9.53 Å². The molecule has 1 aliphatic rings. The van der Waals surface area contributed by atoms with E-state index in [0.29, 0.717) is 46.2 Å². The lowest BCUT2D eigenvalue weighted by atomic mass is 9.92. The number of fused-ring (bicyclic) bond motifs is 1. The Labute approximate surface area is 297 Å². The lowest BCUT2D eigenvalue weighted by Crippen LogP contribution is -2.34. The molecule has 0 spiro atoms. The number of ether oxygens (including phenoxy) is 1. The first kappa shape index (κ1) is 38.0. The number of benzene rings is 1. The number of carbonyl (C=O) groups excluding carboxylic acids is 1. The molecule has 3 heterocycles. The molecule has 10 heteroatoms. The summed E-state index contributed by atoms with van der Waals surface area (Å²) in [5, 5.41) is 16.3. The average molecular weight is 686 g/mol. The number of thiazole rings is 1. The molecule has 0 saturated carbocycles. The van der Waals surface area contributed by atoms with Gasteiger partial charge >= 0.3 is 0 Å². The fraction of sp³-hybridized carbons (Fsp3) is 0.590. The highest BCUT2D eigenvalue weighted by Gasteiger charge is 2.33. The molecule has 0 N–H and O–H groups in total. The van der Waals surface area contributed by atoms with Gasteiger partial charge in [0, 0.05) is 30.6 Å². The smallest absolute Gasteiger partial charge is 0.291 e. The van der Waals surface area contributed by atoms with Gasteiger partial charge in [-0.3, -0.25) is 4.79 Å². The summed E-state index contributed by atoms with van der Waals surface area (Å²) < 4.78 is 6.72. The molecule has 3 aromatic rings. The third-order valence-corrected chi connectivity index (χ3v) is 10.3. The summed E-state index contributed by atoms with van der Waals surface area (Å²) in [4.78, 5) is 31.3. The molecule has 264 valence electrons. The maximum Gasteiger partial charge on any atom is 0.291 e. The van der Waals surface area contributed by atoms with Crippen molar-refractivity contribution >= 4 is 33.1 Å². The number of allylic oxidation sites excluding steroid dienone is 2. The van der Waals surface area contributed by atoms with Crippen molar-refractivity contribution in [3.63, 3.8) is 0 Å². The lowest BCUT2D eigenvalue weighted by Gasteiger charge is -2.30. The van der Waals surface area contributed by atoms with Crippen LogP contribution in [-0.2, 0) is 6.42 Å². The van der Waals surface area contributed by atoms with Crippen molar-refractivity contribution in [2.75, 3.05) is 25.1 Å². The molecule has 2 aromatic heterocycles. The first-order valence-corrected chi connectivity index (χ1v) is 18.9. The number of unbranched alkanes of at least 4 members (excludes halogenated alkanes) is 2. The van der Waals surface area contributed by atoms with E-state index in [1.807, 2.05) is 24.3 Å². The molecule has 0 radical (unpaired) electrons. The molecule has 0 aliphatic carbocycles. The number of hydrogen-bond donors (Lipinski definition) is 0. The molecule has 1 aromatic carbocycles. The molecule has 0 bridgehead atoms. The van der Waals surface area contributed by atoms with E-state index < -0.39 is 5.91 Å². The van der Waals surface area contributed by atoms with Gasteiger partial charge in [0.25, 0.3) is 5.91 Å². The van der Waals surface area contributed by atoms with Gasteiger partial charge in [-0.05, 0) is 61.3 Å². The Kier molecular flexibility index (Phi) is 13.3. The predicted octanol–water partition coefficient (Wildman–Crippen LogP) is 9.85. The number of nitriles is 1. The number of rotatable bonds is 17. The summed E-state index contributed by atoms with van der Waals surface area (Å²) in [6.07, 6.45) is 10.0. The number of aromatic nitrogens is 4. The normalized spacial score (nSPS) is 15.3. The van der Waals surface area contributed by atoms with Crippen LogP contribution >= 0.6 is 11.3 Å². The van der Waals surface area contributed by atoms with Crippen molar-refractivity contribution in [2.45, 2.75) is 113 Å². The summed E-state index contributed by atoms with van der Waals surface area (Å²) in [6.45, 7) is 19.1. The standard InChI is InChI=1S/C39H55N7O2S/c1-10-14-16-27(12-3)24-45(25-28(13-4)17-15-11-2)38-43-34(29-18-20-30(48-9)21-19-29)36(49-38)42-33-26(5)31(23-40)37(47)46-35(33)41-32(44-46)22-39(6,7)8/h18-21,27-28H,10-17,22,24-25H2,1-9H3. The second-order valence-corrected chi connectivity index (χ2v) is 15.5. The zero-order valence-electron chi connectivity index (χ0n) is 31.1. The van der Waals surface area contributed by atoms with Crippen LogP contribution in [0.25, 0.3) is 11.3 Å². The van der Waals surface area contributed by atoms with E-state index >= 15 is 0 Å². The van der Waals surface area contributed by atoms with Gasteiger partial charge in [-0.15, -0.1) is 5.10 Å². The number of methoxy groups -OCH3 is 1. The largest absolute Gasteiger partial charge is 0.497 e. The topological polar surface area (TPSA) is 109 Å². The van der Waals surface area contributed by atoms with Gasteiger partial charge in [0.1, 0.15) is 33.8 Å². The van der Waals surface area contributed by atoms with Crippen LogP contribution in [0.2, 0.25) is 0 Å². The van der Waals surface area contributed by atoms with Crippen LogP contribution in [0, 0.1) is 28.6 Å². The maximum atomic E-state index is 13.4. The van der Waals surface area contributed by atoms with Crippen LogP contribution in [-0.4, -0.2) is 51.6 Å². The molecule has 2 atom stereocenters. The Morgan fingerprint density at radius 1 is 1.00 bits per heavy atom. The molecule has 1 aliphatic heterocycles. The third-order valence-electron chi connectivity index (χ3n) is 9.29. The Balaban J connectivity index is 1.91. The number of nitrogens with zero attached hydrogens (tertiary/aromatic N) is 7. The minimum Gasteiger partial charge on any atom is -0.497 e. The first-order chi connectivity index (χ1) is 23.5. The van der Waals surface area contributed by atoms with Crippen LogP contribution in [0.3, 0.4) is 0 Å². The second kappa shape index (κ2) is 17.2. The highest BCUT2D eigenvalue weighted by atomic mass is 32.1. The van der Waals surface area contributed by atoms with Gasteiger partial charge in [0.15, 0.2) is 16.8 Å². The molecule has 9 nitrogen and oxygen atoms in total. The van der Waals surface area contributed by atoms with Crippen LogP contribution in [0.15, 0.2) is 40.4 Å². The summed E-state index contributed by atoms with van der Waals surface area (Å²) >= 11 is 1.57. The fourth-order valence-corrected chi connectivity index (χ4v) is 7.24. The average Bonchev–Trinajstić information content (AvgIpc) is 3.70. The monoisotopic (exact) mass is 685 g/mol. The summed E-state index contributed by atoms with van der Waals surface area (Å²) in [6, 6.07) is 10.0. The number of carbonyl (C=O) groups is 1. The molecular weight excluding hydrogens is 631 g/mol. The molecule has 49 heavy (non-hydrogen) atoms. The molecule has 0 saturated heterocycles. The predicted molar refractivity (Wildman–Crippen MR) is 201 cm³/mol. The first-order valence-electron chi connectivity index (χ1n) is 18.1. The quantitative estimate of drug-likeness (QED) is 0.139. The Hall–Kier alpha value is -3.84. The summed E-state index contributed by atoms with van der Waals surface area (Å²) in [7, 11) is 1.66. The Morgan fingerprint density at radius 3 is 2.12 bits per heavy atom. The van der Waals surface area contributed by atoms with Crippen LogP contribution < -0.4 is 9.64 Å². The van der Waals surface area contributed by atoms with E-state index in [9.17, 15) is 10.1 Å². The summed E-state index contributed by atoms with van der Waals surface area (Å²) in [5.74, 6) is 2.35. The molecular formula is C39H55N7O2S. The summed E-state index contributed by atoms with van der Waals surface area (Å²) in [5.41, 5.74) is 2.59. The molecule has 0 amide bonds. The van der Waals surface area contributed by atoms with Crippen molar-refractivity contribution in [1.82, 2.24) is 19.7 Å². The SMILES string of the molecule is CCCCC(CC)CN(CC(CC)CCCC)c1nc(-c2ccc(OC)cc2)c(N=C2C(C)=C(C#N)C(=O)n3nc(CC(C)(C)C)nc32)s1. The maximum absolute atomic E-state index is 13.4. The number of hydrogen-bond acceptors (Lipinski definition) is 9. The second-order valence-electron chi connectivity index (χ2n) is 14.5. The fourth-order valence-electron chi connectivity index (χ4n) is 6.26. The molecule has 2 unspecified atom stereocenters. The van der Waals surface area contributed by atoms with E-state index in [2.05, 4.69) is 64.5 Å². The Morgan fingerprint density at radius 2 is 1.61 bits per heavy atom. The minimum atomic E-state index is -0.469. The zero-order valence-corrected chi connectivity index (χ0v) is 31.9. The minimum absolute atomic E-state index is 0.0271. The van der Waals surface area contributed by atoms with E-state index in [1.165, 1.54) is 43.2 Å². The highest BCUT2D eigenvalue weighted by Crippen LogP contribution is 2.42. The molecule has 4 rings (SSSR count). The van der Waals surface area contributed by atoms with E-state index in [-0.39, 0.29) is 11.0 Å². The van der Waals surface area contributed by atoms with Gasteiger partial charge < -0.3 is 9.64 Å². The van der Waals surface area contributed by atoms with Gasteiger partial charge in [0.05, 0.1) is 7.11 Å². The van der Waals surface area contributed by atoms with Crippen molar-refractivity contribution in [3.05, 3.63) is 47.1 Å².